The number of hydroxylamine groups is 3. The van der Waals surface area contributed by atoms with Gasteiger partial charge in [0.05, 0.1) is 13.6 Å². The Morgan fingerprint density at radius 2 is 1.04 bits per heavy atom. The second-order valence-electron chi connectivity index (χ2n) is 8.61. The summed E-state index contributed by atoms with van der Waals surface area (Å²) in [6.07, 6.45) is 20.5. The summed E-state index contributed by atoms with van der Waals surface area (Å²) in [5, 5.41) is 12.5. The molecule has 0 bridgehead atoms. The third-order valence-corrected chi connectivity index (χ3v) is 5.59. The Bertz CT molecular complexity index is 429. The highest BCUT2D eigenvalue weighted by molar-refractivity contribution is 5.13. The molecule has 0 heterocycles. The number of unbranched alkanes of at least 4 members (excludes halogenated alkanes) is 14. The lowest BCUT2D eigenvalue weighted by atomic mass is 10.0. The minimum atomic E-state index is -0.136. The first-order valence-electron chi connectivity index (χ1n) is 11.7. The van der Waals surface area contributed by atoms with Crippen molar-refractivity contribution < 1.29 is 4.65 Å². The van der Waals surface area contributed by atoms with Gasteiger partial charge in [-0.25, -0.2) is 0 Å². The number of hydrogen-bond acceptors (Lipinski definition) is 1. The van der Waals surface area contributed by atoms with E-state index in [9.17, 15) is 5.21 Å². The van der Waals surface area contributed by atoms with Gasteiger partial charge < -0.3 is 9.85 Å². The van der Waals surface area contributed by atoms with Crippen molar-refractivity contribution in [2.45, 2.75) is 110 Å². The lowest BCUT2D eigenvalue weighted by Gasteiger charge is -2.38. The predicted octanol–water partition coefficient (Wildman–Crippen LogP) is 8.00. The summed E-state index contributed by atoms with van der Waals surface area (Å²) >= 11 is 0. The highest BCUT2D eigenvalue weighted by Crippen LogP contribution is 2.15. The Morgan fingerprint density at radius 3 is 1.48 bits per heavy atom. The molecule has 156 valence electrons. The van der Waals surface area contributed by atoms with Crippen LogP contribution in [0.4, 0.5) is 0 Å². The van der Waals surface area contributed by atoms with Gasteiger partial charge in [-0.05, 0) is 12.8 Å². The van der Waals surface area contributed by atoms with Gasteiger partial charge in [-0.1, -0.05) is 121 Å². The maximum atomic E-state index is 12.5. The highest BCUT2D eigenvalue weighted by Gasteiger charge is 2.10. The van der Waals surface area contributed by atoms with Crippen molar-refractivity contribution in [3.05, 3.63) is 41.1 Å². The average molecular weight is 376 g/mol. The Kier molecular flexibility index (Phi) is 14.4. The molecule has 0 saturated carbocycles. The van der Waals surface area contributed by atoms with Crippen molar-refractivity contribution in [1.82, 2.24) is 0 Å². The minimum Gasteiger partial charge on any atom is -0.633 e. The fraction of sp³-hybridized carbons (Fsp3) is 0.760. The molecule has 0 radical (unpaired) electrons. The van der Waals surface area contributed by atoms with Crippen LogP contribution in [0, 0.1) is 5.21 Å². The Balaban J connectivity index is 1.85. The quantitative estimate of drug-likeness (QED) is 0.145. The fourth-order valence-electron chi connectivity index (χ4n) is 3.87. The second kappa shape index (κ2) is 16.1. The lowest BCUT2D eigenvalue weighted by molar-refractivity contribution is -0.874. The van der Waals surface area contributed by atoms with Crippen LogP contribution in [0.2, 0.25) is 0 Å². The molecular weight excluding hydrogens is 330 g/mol. The van der Waals surface area contributed by atoms with Crippen molar-refractivity contribution >= 4 is 0 Å². The molecule has 0 spiro atoms. The summed E-state index contributed by atoms with van der Waals surface area (Å²) in [6.45, 7) is 3.62. The van der Waals surface area contributed by atoms with Crippen molar-refractivity contribution in [2.75, 3.05) is 13.6 Å². The Hall–Kier alpha value is -0.860. The highest BCUT2D eigenvalue weighted by atomic mass is 16.5. The molecule has 0 fully saturated rings. The standard InChI is InChI=1S/C25H45NO/c1-3-4-5-6-7-8-9-10-11-12-13-14-15-16-20-23-26(2,27)24-25-21-18-17-19-22-25/h17-19,21-22H,3-16,20,23-24H2,1-2H3. The van der Waals surface area contributed by atoms with E-state index in [4.69, 9.17) is 0 Å². The van der Waals surface area contributed by atoms with E-state index in [-0.39, 0.29) is 4.65 Å². The minimum absolute atomic E-state index is 0.136. The fourth-order valence-corrected chi connectivity index (χ4v) is 3.87. The molecule has 1 rings (SSSR count). The molecule has 1 atom stereocenters. The molecule has 2 nitrogen and oxygen atoms in total. The van der Waals surface area contributed by atoms with Crippen LogP contribution >= 0.6 is 0 Å². The van der Waals surface area contributed by atoms with Crippen LogP contribution in [0.25, 0.3) is 0 Å². The van der Waals surface area contributed by atoms with E-state index >= 15 is 0 Å². The third kappa shape index (κ3) is 14.8. The van der Waals surface area contributed by atoms with Gasteiger partial charge in [-0.2, -0.15) is 0 Å². The van der Waals surface area contributed by atoms with Crippen LogP contribution in [-0.4, -0.2) is 18.2 Å². The number of hydrogen-bond donors (Lipinski definition) is 0. The topological polar surface area (TPSA) is 23.1 Å². The smallest absolute Gasteiger partial charge is 0.104 e. The molecule has 27 heavy (non-hydrogen) atoms. The van der Waals surface area contributed by atoms with Crippen molar-refractivity contribution in [3.8, 4) is 0 Å². The largest absolute Gasteiger partial charge is 0.633 e. The van der Waals surface area contributed by atoms with Gasteiger partial charge in [-0.3, -0.25) is 0 Å². The van der Waals surface area contributed by atoms with Gasteiger partial charge in [0.25, 0.3) is 0 Å². The van der Waals surface area contributed by atoms with Crippen molar-refractivity contribution in [1.29, 1.82) is 0 Å². The second-order valence-corrected chi connectivity index (χ2v) is 8.61. The predicted molar refractivity (Wildman–Crippen MR) is 119 cm³/mol. The first kappa shape index (κ1) is 24.2. The lowest BCUT2D eigenvalue weighted by Crippen LogP contribution is -2.37. The zero-order valence-corrected chi connectivity index (χ0v) is 18.3. The zero-order chi connectivity index (χ0) is 19.6. The zero-order valence-electron chi connectivity index (χ0n) is 18.3. The van der Waals surface area contributed by atoms with Crippen LogP contribution in [0.3, 0.4) is 0 Å². The van der Waals surface area contributed by atoms with Gasteiger partial charge in [0.15, 0.2) is 0 Å². The molecule has 1 unspecified atom stereocenters. The summed E-state index contributed by atoms with van der Waals surface area (Å²) in [6, 6.07) is 10.2. The molecule has 0 aliphatic heterocycles. The van der Waals surface area contributed by atoms with Crippen LogP contribution < -0.4 is 0 Å². The molecule has 0 aromatic heterocycles. The molecule has 0 amide bonds. The van der Waals surface area contributed by atoms with Crippen LogP contribution in [0.15, 0.2) is 30.3 Å². The normalized spacial score (nSPS) is 13.6. The monoisotopic (exact) mass is 375 g/mol. The molecular formula is C25H45NO. The van der Waals surface area contributed by atoms with Crippen LogP contribution in [0.5, 0.6) is 0 Å². The van der Waals surface area contributed by atoms with Gasteiger partial charge in [-0.15, -0.1) is 0 Å². The van der Waals surface area contributed by atoms with E-state index in [0.717, 1.165) is 18.5 Å². The Morgan fingerprint density at radius 1 is 0.630 bits per heavy atom. The number of nitrogens with zero attached hydrogens (tertiary/aromatic N) is 1. The molecule has 0 aliphatic rings. The SMILES string of the molecule is CCCCCCCCCCCCCCCCC[N+](C)([O-])Cc1ccccc1. The molecule has 0 aliphatic carbocycles. The van der Waals surface area contributed by atoms with Crippen LogP contribution in [-0.2, 0) is 6.54 Å². The van der Waals surface area contributed by atoms with E-state index in [2.05, 4.69) is 19.1 Å². The number of benzene rings is 1. The number of rotatable bonds is 18. The van der Waals surface area contributed by atoms with Gasteiger partial charge in [0.1, 0.15) is 6.54 Å². The third-order valence-electron chi connectivity index (χ3n) is 5.59. The van der Waals surface area contributed by atoms with E-state index < -0.39 is 0 Å². The molecule has 1 aromatic carbocycles. The maximum absolute atomic E-state index is 12.5. The van der Waals surface area contributed by atoms with E-state index in [1.54, 1.807) is 0 Å². The molecule has 1 aromatic rings. The van der Waals surface area contributed by atoms with E-state index in [1.807, 2.05) is 25.2 Å². The summed E-state index contributed by atoms with van der Waals surface area (Å²) < 4.78 is -0.136. The maximum Gasteiger partial charge on any atom is 0.104 e. The van der Waals surface area contributed by atoms with Crippen molar-refractivity contribution in [2.24, 2.45) is 0 Å². The summed E-state index contributed by atoms with van der Waals surface area (Å²) in [4.78, 5) is 0. The summed E-state index contributed by atoms with van der Waals surface area (Å²) in [5.74, 6) is 0. The van der Waals surface area contributed by atoms with Gasteiger partial charge >= 0.3 is 0 Å². The van der Waals surface area contributed by atoms with Crippen LogP contribution in [0.1, 0.15) is 109 Å². The Labute approximate surface area is 169 Å². The number of quaternary nitrogens is 1. The summed E-state index contributed by atoms with van der Waals surface area (Å²) in [5.41, 5.74) is 1.15. The molecule has 2 heteroatoms. The first-order valence-corrected chi connectivity index (χ1v) is 11.7. The average Bonchev–Trinajstić information content (AvgIpc) is 2.65. The van der Waals surface area contributed by atoms with Gasteiger partial charge in [0.2, 0.25) is 0 Å². The van der Waals surface area contributed by atoms with E-state index in [1.165, 1.54) is 89.9 Å². The van der Waals surface area contributed by atoms with Crippen molar-refractivity contribution in [3.63, 3.8) is 0 Å². The molecule has 0 N–H and O–H groups in total. The van der Waals surface area contributed by atoms with E-state index in [0.29, 0.717) is 6.54 Å². The molecule has 0 saturated heterocycles. The first-order chi connectivity index (χ1) is 13.1. The van der Waals surface area contributed by atoms with Gasteiger partial charge in [0, 0.05) is 5.56 Å². The summed E-state index contributed by atoms with van der Waals surface area (Å²) in [7, 11) is 1.82.